The maximum Gasteiger partial charge on any atom is 0.142 e. The van der Waals surface area contributed by atoms with Gasteiger partial charge < -0.3 is 5.32 Å². The van der Waals surface area contributed by atoms with Gasteiger partial charge in [-0.1, -0.05) is 44.0 Å². The van der Waals surface area contributed by atoms with Crippen molar-refractivity contribution in [2.45, 2.75) is 52.0 Å². The molecule has 1 aromatic carbocycles. The summed E-state index contributed by atoms with van der Waals surface area (Å²) < 4.78 is 13.5. The van der Waals surface area contributed by atoms with Gasteiger partial charge in [0.25, 0.3) is 0 Å². The summed E-state index contributed by atoms with van der Waals surface area (Å²) in [5.74, 6) is -0.312. The first kappa shape index (κ1) is 14.8. The Morgan fingerprint density at radius 2 is 2.16 bits per heavy atom. The molecule has 0 heterocycles. The third-order valence-corrected chi connectivity index (χ3v) is 4.32. The normalized spacial score (nSPS) is 18.3. The number of halogens is 2. The van der Waals surface area contributed by atoms with E-state index in [1.165, 1.54) is 18.9 Å². The summed E-state index contributed by atoms with van der Waals surface area (Å²) in [7, 11) is 0. The summed E-state index contributed by atoms with van der Waals surface area (Å²) >= 11 is 6.08. The Balaban J connectivity index is 2.07. The van der Waals surface area contributed by atoms with E-state index in [9.17, 15) is 4.39 Å². The minimum atomic E-state index is -0.312. The van der Waals surface area contributed by atoms with Gasteiger partial charge in [-0.05, 0) is 42.7 Å². The van der Waals surface area contributed by atoms with Gasteiger partial charge in [0, 0.05) is 12.6 Å². The van der Waals surface area contributed by atoms with Gasteiger partial charge in [0.1, 0.15) is 5.82 Å². The standard InChI is InChI=1S/C16H23ClFN/c1-3-9-16(2,11-19-13-7-8-13)10-12-5-4-6-14(18)15(12)17/h4-6,13,19H,3,7-11H2,1-2H3. The number of hydrogen-bond acceptors (Lipinski definition) is 1. The van der Waals surface area contributed by atoms with Crippen LogP contribution in [0.1, 0.15) is 45.1 Å². The quantitative estimate of drug-likeness (QED) is 0.772. The molecule has 0 bridgehead atoms. The van der Waals surface area contributed by atoms with E-state index in [1.54, 1.807) is 6.07 Å². The number of benzene rings is 1. The Kier molecular flexibility index (Phi) is 4.86. The van der Waals surface area contributed by atoms with E-state index in [0.717, 1.165) is 31.4 Å². The summed E-state index contributed by atoms with van der Waals surface area (Å²) in [5, 5.41) is 3.89. The zero-order chi connectivity index (χ0) is 13.9. The van der Waals surface area contributed by atoms with Crippen LogP contribution >= 0.6 is 11.6 Å². The number of rotatable bonds is 7. The van der Waals surface area contributed by atoms with Gasteiger partial charge in [-0.2, -0.15) is 0 Å². The van der Waals surface area contributed by atoms with E-state index in [-0.39, 0.29) is 16.3 Å². The van der Waals surface area contributed by atoms with Crippen LogP contribution in [-0.2, 0) is 6.42 Å². The molecule has 1 saturated carbocycles. The molecule has 1 aliphatic carbocycles. The van der Waals surface area contributed by atoms with Crippen LogP contribution < -0.4 is 5.32 Å². The van der Waals surface area contributed by atoms with E-state index in [0.29, 0.717) is 6.04 Å². The van der Waals surface area contributed by atoms with Crippen LogP contribution in [0.15, 0.2) is 18.2 Å². The molecule has 0 saturated heterocycles. The lowest BCUT2D eigenvalue weighted by atomic mass is 9.79. The van der Waals surface area contributed by atoms with Crippen LogP contribution in [0.25, 0.3) is 0 Å². The molecule has 1 atom stereocenters. The van der Waals surface area contributed by atoms with Crippen molar-refractivity contribution in [3.05, 3.63) is 34.6 Å². The van der Waals surface area contributed by atoms with E-state index in [4.69, 9.17) is 11.6 Å². The molecular formula is C16H23ClFN. The summed E-state index contributed by atoms with van der Waals surface area (Å²) in [6.07, 6.45) is 5.68. The van der Waals surface area contributed by atoms with Gasteiger partial charge >= 0.3 is 0 Å². The smallest absolute Gasteiger partial charge is 0.142 e. The fourth-order valence-corrected chi connectivity index (χ4v) is 2.86. The molecule has 0 spiro atoms. The van der Waals surface area contributed by atoms with Gasteiger partial charge in [0.2, 0.25) is 0 Å². The minimum Gasteiger partial charge on any atom is -0.313 e. The van der Waals surface area contributed by atoms with Crippen LogP contribution in [0.4, 0.5) is 4.39 Å². The lowest BCUT2D eigenvalue weighted by molar-refractivity contribution is 0.274. The van der Waals surface area contributed by atoms with E-state index >= 15 is 0 Å². The molecule has 1 nitrogen and oxygen atoms in total. The fraction of sp³-hybridized carbons (Fsp3) is 0.625. The molecule has 0 aliphatic heterocycles. The van der Waals surface area contributed by atoms with Crippen LogP contribution in [-0.4, -0.2) is 12.6 Å². The van der Waals surface area contributed by atoms with Gasteiger partial charge in [-0.15, -0.1) is 0 Å². The highest BCUT2D eigenvalue weighted by Gasteiger charge is 2.29. The van der Waals surface area contributed by atoms with Crippen molar-refractivity contribution in [2.75, 3.05) is 6.54 Å². The number of nitrogens with one attached hydrogen (secondary N) is 1. The van der Waals surface area contributed by atoms with Crippen molar-refractivity contribution in [3.8, 4) is 0 Å². The molecule has 1 N–H and O–H groups in total. The molecule has 106 valence electrons. The Morgan fingerprint density at radius 3 is 2.79 bits per heavy atom. The molecule has 1 aliphatic rings. The largest absolute Gasteiger partial charge is 0.313 e. The number of hydrogen-bond donors (Lipinski definition) is 1. The van der Waals surface area contributed by atoms with Gasteiger partial charge in [-0.3, -0.25) is 0 Å². The fourth-order valence-electron chi connectivity index (χ4n) is 2.67. The highest BCUT2D eigenvalue weighted by molar-refractivity contribution is 6.31. The van der Waals surface area contributed by atoms with Crippen molar-refractivity contribution >= 4 is 11.6 Å². The molecule has 19 heavy (non-hydrogen) atoms. The molecule has 0 aromatic heterocycles. The van der Waals surface area contributed by atoms with Crippen LogP contribution in [0.5, 0.6) is 0 Å². The molecule has 1 fully saturated rings. The van der Waals surface area contributed by atoms with E-state index in [1.807, 2.05) is 6.07 Å². The SMILES string of the molecule is CCCC(C)(CNC1CC1)Cc1cccc(F)c1Cl. The first-order chi connectivity index (χ1) is 9.04. The van der Waals surface area contributed by atoms with Crippen molar-refractivity contribution in [2.24, 2.45) is 5.41 Å². The Bertz CT molecular complexity index is 431. The maximum absolute atomic E-state index is 13.5. The van der Waals surface area contributed by atoms with Crippen molar-refractivity contribution in [1.29, 1.82) is 0 Å². The third-order valence-electron chi connectivity index (χ3n) is 3.90. The Morgan fingerprint density at radius 1 is 1.42 bits per heavy atom. The molecule has 0 radical (unpaired) electrons. The van der Waals surface area contributed by atoms with Crippen LogP contribution in [0.3, 0.4) is 0 Å². The van der Waals surface area contributed by atoms with Crippen LogP contribution in [0, 0.1) is 11.2 Å². The van der Waals surface area contributed by atoms with Gasteiger partial charge in [-0.25, -0.2) is 4.39 Å². The lowest BCUT2D eigenvalue weighted by Crippen LogP contribution is -2.35. The molecule has 2 rings (SSSR count). The Labute approximate surface area is 120 Å². The first-order valence-electron chi connectivity index (χ1n) is 7.20. The second-order valence-electron chi connectivity index (χ2n) is 6.11. The Hall–Kier alpha value is -0.600. The maximum atomic E-state index is 13.5. The predicted molar refractivity (Wildman–Crippen MR) is 79.2 cm³/mol. The lowest BCUT2D eigenvalue weighted by Gasteiger charge is -2.30. The monoisotopic (exact) mass is 283 g/mol. The van der Waals surface area contributed by atoms with E-state index < -0.39 is 0 Å². The predicted octanol–water partition coefficient (Wildman–Crippen LogP) is 4.58. The molecule has 1 unspecified atom stereocenters. The molecule has 1 aromatic rings. The zero-order valence-electron chi connectivity index (χ0n) is 11.8. The topological polar surface area (TPSA) is 12.0 Å². The average molecular weight is 284 g/mol. The summed E-state index contributed by atoms with van der Waals surface area (Å²) in [6.45, 7) is 5.45. The zero-order valence-corrected chi connectivity index (χ0v) is 12.6. The van der Waals surface area contributed by atoms with Gasteiger partial charge in [0.05, 0.1) is 5.02 Å². The van der Waals surface area contributed by atoms with Crippen molar-refractivity contribution < 1.29 is 4.39 Å². The summed E-state index contributed by atoms with van der Waals surface area (Å²) in [6, 6.07) is 5.82. The second kappa shape index (κ2) is 6.23. The van der Waals surface area contributed by atoms with Gasteiger partial charge in [0.15, 0.2) is 0 Å². The molecule has 3 heteroatoms. The molecular weight excluding hydrogens is 261 g/mol. The van der Waals surface area contributed by atoms with Crippen molar-refractivity contribution in [1.82, 2.24) is 5.32 Å². The average Bonchev–Trinajstić information content (AvgIpc) is 3.17. The first-order valence-corrected chi connectivity index (χ1v) is 7.58. The third kappa shape index (κ3) is 4.19. The second-order valence-corrected chi connectivity index (χ2v) is 6.48. The molecule has 0 amide bonds. The minimum absolute atomic E-state index is 0.148. The summed E-state index contributed by atoms with van der Waals surface area (Å²) in [5.41, 5.74) is 1.07. The van der Waals surface area contributed by atoms with Crippen LogP contribution in [0.2, 0.25) is 5.02 Å². The highest BCUT2D eigenvalue weighted by Crippen LogP contribution is 2.32. The van der Waals surface area contributed by atoms with E-state index in [2.05, 4.69) is 19.2 Å². The summed E-state index contributed by atoms with van der Waals surface area (Å²) in [4.78, 5) is 0. The van der Waals surface area contributed by atoms with Crippen molar-refractivity contribution in [3.63, 3.8) is 0 Å². The highest BCUT2D eigenvalue weighted by atomic mass is 35.5.